The number of fused-ring (bicyclic) bond motifs is 1. The third-order valence-electron chi connectivity index (χ3n) is 10.6. The number of carbonyl (C=O) groups excluding carboxylic acids is 1. The molecule has 6 radical (unpaired) electrons. The number of hydrogen-bond donors (Lipinski definition) is 9. The van der Waals surface area contributed by atoms with Crippen molar-refractivity contribution in [1.82, 2.24) is 20.2 Å². The zero-order valence-corrected chi connectivity index (χ0v) is 45.9. The van der Waals surface area contributed by atoms with Crippen molar-refractivity contribution in [2.45, 2.75) is 26.5 Å². The fourth-order valence-electron chi connectivity index (χ4n) is 6.80. The average Bonchev–Trinajstić information content (AvgIpc) is 3.52. The summed E-state index contributed by atoms with van der Waals surface area (Å²) in [6, 6.07) is 20.8. The van der Waals surface area contributed by atoms with Gasteiger partial charge in [0, 0.05) is 50.0 Å². The molecule has 6 aromatic carbocycles. The van der Waals surface area contributed by atoms with Crippen LogP contribution in [0.2, 0.25) is 5.28 Å². The minimum Gasteiger partial charge on any atom is -0.571 e. The van der Waals surface area contributed by atoms with E-state index in [-0.39, 0.29) is 67.9 Å². The number of nitrogens with zero attached hydrogens (tertiary/aromatic N) is 9. The molecule has 0 unspecified atom stereocenters. The van der Waals surface area contributed by atoms with Crippen molar-refractivity contribution < 1.29 is 102 Å². The van der Waals surface area contributed by atoms with Crippen LogP contribution < -0.4 is 15.8 Å². The summed E-state index contributed by atoms with van der Waals surface area (Å²) in [5.41, 5.74) is 3.14. The molecule has 0 fully saturated rings. The van der Waals surface area contributed by atoms with Crippen molar-refractivity contribution in [3.05, 3.63) is 131 Å². The molecule has 7 aromatic rings. The number of hydrogen-bond acceptors (Lipinski definition) is 22. The Labute approximate surface area is 484 Å². The van der Waals surface area contributed by atoms with Gasteiger partial charge in [-0.05, 0) is 72.1 Å². The first kappa shape index (κ1) is 64.0. The molecule has 0 saturated heterocycles. The second-order valence-electron chi connectivity index (χ2n) is 16.1. The largest absolute Gasteiger partial charge is 2.00 e. The van der Waals surface area contributed by atoms with Gasteiger partial charge in [-0.25, -0.2) is 13.5 Å². The van der Waals surface area contributed by atoms with Crippen LogP contribution >= 0.6 is 11.6 Å². The molecule has 0 amide bonds. The van der Waals surface area contributed by atoms with Gasteiger partial charge in [0.25, 0.3) is 37.2 Å². The second-order valence-corrected chi connectivity index (χ2v) is 22.8. The Bertz CT molecular complexity index is 4100. The van der Waals surface area contributed by atoms with Gasteiger partial charge in [0.05, 0.1) is 38.8 Å². The maximum absolute atomic E-state index is 13.6. The van der Waals surface area contributed by atoms with E-state index in [2.05, 4.69) is 61.7 Å². The molecule has 0 saturated carbocycles. The fourth-order valence-corrected chi connectivity index (χ4v) is 9.81. The monoisotopic (exact) mass is 1280 g/mol. The molecule has 1 aromatic heterocycles. The van der Waals surface area contributed by atoms with Gasteiger partial charge in [0.15, 0.2) is 21.4 Å². The molecule has 80 heavy (non-hydrogen) atoms. The number of anilines is 3. The van der Waals surface area contributed by atoms with Crippen LogP contribution in [0, 0.1) is 6.92 Å². The molecule has 38 heteroatoms. The quantitative estimate of drug-likeness (QED) is 0.00667. The number of nitrogens with one attached hydrogen (secondary N) is 3. The number of amidine groups is 1. The molecule has 0 aliphatic rings. The van der Waals surface area contributed by atoms with E-state index in [1.807, 2.05) is 0 Å². The van der Waals surface area contributed by atoms with Gasteiger partial charge < -0.3 is 46.4 Å². The zero-order valence-electron chi connectivity index (χ0n) is 40.0. The van der Waals surface area contributed by atoms with E-state index >= 15 is 0 Å². The first-order chi connectivity index (χ1) is 36.6. The van der Waals surface area contributed by atoms with Crippen molar-refractivity contribution in [2.75, 3.05) is 22.8 Å². The average molecular weight is 1280 g/mol. The standard InChI is InChI=1S/C42H33B4ClN12O15S4.2Cu/c1-22-7-8-24(21-60)30(15-22)54-58-39(23-5-3-2-4-6-23)59-56-33-20-28(77(69,70)71)19-32(37(33)62)49-41-50-40(47)51-42(52-41)53-46(45(43)44)48-13-14-75(64,65)26-10-12-34(61)31(18-26)55-57-36-29-11-9-27(76(66,67)68)16-25(29)17-35(38(36)63)78(72,73)74;;/h2-12,15-20,48H,13-14H2,1H3,(H8-,49,50,51,52,53,54,55,56,57,58,59,60,61,62,63,66,67,68,69,70,71,72,73,74);;/q-2;;+2. The molecule has 9 N–H and O–H groups in total. The predicted molar refractivity (Wildman–Crippen MR) is 287 cm³/mol. The summed E-state index contributed by atoms with van der Waals surface area (Å²) in [4.78, 5) is 20.5. The molecule has 7 rings (SSSR count). The summed E-state index contributed by atoms with van der Waals surface area (Å²) < 4.78 is 129. The third kappa shape index (κ3) is 16.0. The smallest absolute Gasteiger partial charge is 0.571 e. The Morgan fingerprint density at radius 1 is 0.738 bits per heavy atom. The summed E-state index contributed by atoms with van der Waals surface area (Å²) in [7, 11) is -7.32. The molecule has 0 atom stereocenters. The molecular formula is C42H33B4ClCu2N12O15S4. The summed E-state index contributed by atoms with van der Waals surface area (Å²) in [6.07, 6.45) is 0.442. The van der Waals surface area contributed by atoms with Crippen LogP contribution in [-0.2, 0) is 79.1 Å². The van der Waals surface area contributed by atoms with Gasteiger partial charge in [-0.1, -0.05) is 59.8 Å². The van der Waals surface area contributed by atoms with Crippen molar-refractivity contribution in [3.8, 4) is 17.2 Å². The molecule has 0 bridgehead atoms. The van der Waals surface area contributed by atoms with E-state index in [0.29, 0.717) is 11.6 Å². The van der Waals surface area contributed by atoms with Gasteiger partial charge in [-0.15, -0.1) is 27.0 Å². The Morgan fingerprint density at radius 2 is 1.41 bits per heavy atom. The van der Waals surface area contributed by atoms with Crippen LogP contribution in [-0.4, -0.2) is 131 Å². The zero-order chi connectivity index (χ0) is 56.9. The number of halogens is 1. The number of phenolic OH excluding ortho intramolecular Hbond substituents is 3. The number of phenols is 3. The normalized spacial score (nSPS) is 12.2. The van der Waals surface area contributed by atoms with Gasteiger partial charge in [0.1, 0.15) is 27.8 Å². The van der Waals surface area contributed by atoms with Crippen LogP contribution in [0.15, 0.2) is 148 Å². The van der Waals surface area contributed by atoms with Crippen molar-refractivity contribution in [2.24, 2.45) is 25.6 Å². The molecule has 0 spiro atoms. The van der Waals surface area contributed by atoms with E-state index in [1.54, 1.807) is 55.7 Å². The predicted octanol–water partition coefficient (Wildman–Crippen LogP) is 5.47. The Hall–Kier alpha value is -6.84. The van der Waals surface area contributed by atoms with Crippen molar-refractivity contribution in [3.63, 3.8) is 0 Å². The van der Waals surface area contributed by atoms with E-state index in [9.17, 15) is 67.4 Å². The van der Waals surface area contributed by atoms with Crippen LogP contribution in [0.1, 0.15) is 16.7 Å². The second kappa shape index (κ2) is 26.2. The summed E-state index contributed by atoms with van der Waals surface area (Å²) in [6.45, 7) is 0.121. The SMILES string of the molecule is [B]B([B])B(NCCS(=O)(=O)c1ccc(O)c(N=Nc2c(O)c(S(=O)(=O)O)cc3cc(S(=O)(=O)O)ccc23)c1)Nc1nc(Cl)nc(Nc2cc(S(=O)(=O)O)cc([N-]N=C(N=Nc3cc(C)ccc3[C-]=O)c3ccccc3)c2O)n1.[Cu+2].[Cu]. The van der Waals surface area contributed by atoms with Crippen LogP contribution in [0.5, 0.6) is 17.2 Å². The van der Waals surface area contributed by atoms with Crippen LogP contribution in [0.3, 0.4) is 0 Å². The summed E-state index contributed by atoms with van der Waals surface area (Å²) >= 11 is 6.20. The van der Waals surface area contributed by atoms with Crippen LogP contribution in [0.4, 0.5) is 40.3 Å². The number of aryl methyl sites for hydroxylation is 1. The Kier molecular flexibility index (Phi) is 20.9. The van der Waals surface area contributed by atoms with Gasteiger partial charge >= 0.3 is 17.1 Å². The summed E-state index contributed by atoms with van der Waals surface area (Å²) in [5, 5.41) is 59.8. The molecule has 1 heterocycles. The Balaban J connectivity index is 0.00000588. The minimum absolute atomic E-state index is 0. The van der Waals surface area contributed by atoms with E-state index in [4.69, 9.17) is 27.1 Å². The topological polar surface area (TPSA) is 426 Å². The van der Waals surface area contributed by atoms with E-state index in [0.717, 1.165) is 54.1 Å². The molecule has 0 aliphatic carbocycles. The third-order valence-corrected chi connectivity index (χ3v) is 15.0. The van der Waals surface area contributed by atoms with Gasteiger partial charge in [-0.3, -0.25) is 13.7 Å². The molecule has 27 nitrogen and oxygen atoms in total. The maximum atomic E-state index is 13.6. The number of aromatic hydroxyl groups is 3. The molecule has 416 valence electrons. The number of aromatic nitrogens is 3. The molecule has 0 aliphatic heterocycles. The number of rotatable bonds is 20. The van der Waals surface area contributed by atoms with E-state index in [1.165, 1.54) is 6.07 Å². The number of azo groups is 2. The molecular weight excluding hydrogens is 1250 g/mol. The minimum atomic E-state index is -5.18. The maximum Gasteiger partial charge on any atom is 2.00 e. The van der Waals surface area contributed by atoms with E-state index < -0.39 is 137 Å². The van der Waals surface area contributed by atoms with Gasteiger partial charge in [0.2, 0.25) is 17.2 Å². The Morgan fingerprint density at radius 3 is 2.06 bits per heavy atom. The number of benzene rings is 6. The fraction of sp³-hybridized carbons (Fsp3) is 0.0714. The van der Waals surface area contributed by atoms with Crippen molar-refractivity contribution in [1.29, 1.82) is 0 Å². The first-order valence-corrected chi connectivity index (χ1v) is 28.0. The van der Waals surface area contributed by atoms with Crippen molar-refractivity contribution >= 4 is 144 Å². The van der Waals surface area contributed by atoms with Gasteiger partial charge in [-0.2, -0.15) is 46.3 Å². The first-order valence-electron chi connectivity index (χ1n) is 21.6. The van der Waals surface area contributed by atoms with Crippen LogP contribution in [0.25, 0.3) is 16.2 Å². The number of sulfone groups is 1. The summed E-state index contributed by atoms with van der Waals surface area (Å²) in [5.74, 6) is -4.24.